The molecule has 0 bridgehead atoms. The second-order valence-electron chi connectivity index (χ2n) is 5.71. The van der Waals surface area contributed by atoms with Crippen molar-refractivity contribution in [3.8, 4) is 0 Å². The number of nitrogens with one attached hydrogen (secondary N) is 2. The monoisotopic (exact) mass is 464 g/mol. The first-order chi connectivity index (χ1) is 14.4. The van der Waals surface area contributed by atoms with Crippen LogP contribution < -0.4 is 10.6 Å². The summed E-state index contributed by atoms with van der Waals surface area (Å²) in [5.74, 6) is -9.08. The van der Waals surface area contributed by atoms with Gasteiger partial charge in [0.2, 0.25) is 0 Å². The molecule has 0 saturated carbocycles. The summed E-state index contributed by atoms with van der Waals surface area (Å²) in [5.41, 5.74) is 0. The molecule has 2 heterocycles. The van der Waals surface area contributed by atoms with Crippen LogP contribution in [-0.4, -0.2) is 92.9 Å². The number of rotatable bonds is 8. The van der Waals surface area contributed by atoms with Gasteiger partial charge >= 0.3 is 12.3 Å². The van der Waals surface area contributed by atoms with E-state index in [2.05, 4.69) is 18.9 Å². The first-order valence-corrected chi connectivity index (χ1v) is 9.88. The summed E-state index contributed by atoms with van der Waals surface area (Å²) in [6, 6.07) is 0. The number of sulfone groups is 1. The van der Waals surface area contributed by atoms with Crippen LogP contribution in [0.25, 0.3) is 0 Å². The van der Waals surface area contributed by atoms with Gasteiger partial charge in [-0.2, -0.15) is 0 Å². The Labute approximate surface area is 171 Å². The number of imide groups is 2. The number of hydrogen-bond donors (Lipinski definition) is 2. The van der Waals surface area contributed by atoms with Crippen LogP contribution >= 0.6 is 0 Å². The van der Waals surface area contributed by atoms with Gasteiger partial charge in [0.1, 0.15) is 13.2 Å². The van der Waals surface area contributed by atoms with Crippen LogP contribution in [-0.2, 0) is 57.6 Å². The third kappa shape index (κ3) is 6.04. The minimum atomic E-state index is -3.95. The Kier molecular flexibility index (Phi) is 7.00. The molecule has 17 heteroatoms. The van der Waals surface area contributed by atoms with Crippen LogP contribution in [0.3, 0.4) is 0 Å². The van der Waals surface area contributed by atoms with E-state index >= 15 is 0 Å². The number of amides is 4. The zero-order valence-corrected chi connectivity index (χ0v) is 15.9. The fourth-order valence-electron chi connectivity index (χ4n) is 2.03. The van der Waals surface area contributed by atoms with Gasteiger partial charge in [-0.3, -0.25) is 39.4 Å². The molecule has 0 aromatic carbocycles. The Morgan fingerprint density at radius 2 is 1.06 bits per heavy atom. The first-order valence-electron chi connectivity index (χ1n) is 8.06. The average Bonchev–Trinajstić information content (AvgIpc) is 3.04. The van der Waals surface area contributed by atoms with Gasteiger partial charge in [-0.15, -0.1) is 0 Å². The van der Waals surface area contributed by atoms with E-state index in [1.54, 1.807) is 10.6 Å². The van der Waals surface area contributed by atoms with E-state index in [-0.39, 0.29) is 0 Å². The zero-order chi connectivity index (χ0) is 23.3. The van der Waals surface area contributed by atoms with E-state index in [0.717, 1.165) is 0 Å². The Morgan fingerprint density at radius 1 is 0.710 bits per heavy atom. The lowest BCUT2D eigenvalue weighted by Gasteiger charge is -2.10. The Balaban J connectivity index is 1.67. The lowest BCUT2D eigenvalue weighted by Crippen LogP contribution is -2.32. The molecule has 2 fully saturated rings. The summed E-state index contributed by atoms with van der Waals surface area (Å²) in [6.07, 6.45) is -7.21. The van der Waals surface area contributed by atoms with Gasteiger partial charge in [0.05, 0.1) is 11.5 Å². The average molecular weight is 464 g/mol. The van der Waals surface area contributed by atoms with Crippen molar-refractivity contribution in [3.63, 3.8) is 0 Å². The largest absolute Gasteiger partial charge is 0.509 e. The van der Waals surface area contributed by atoms with Crippen LogP contribution in [0.5, 0.6) is 0 Å². The van der Waals surface area contributed by atoms with Crippen LogP contribution in [0.1, 0.15) is 0 Å². The maximum absolute atomic E-state index is 11.8. The first kappa shape index (κ1) is 23.4. The van der Waals surface area contributed by atoms with Gasteiger partial charge in [0.15, 0.2) is 9.84 Å². The lowest BCUT2D eigenvalue weighted by molar-refractivity contribution is -0.140. The molecule has 0 aromatic rings. The molecule has 16 nitrogen and oxygen atoms in total. The molecule has 4 amide bonds. The maximum Gasteiger partial charge on any atom is 0.509 e. The molecule has 31 heavy (non-hydrogen) atoms. The molecule has 2 aliphatic heterocycles. The van der Waals surface area contributed by atoms with E-state index in [4.69, 9.17) is 0 Å². The van der Waals surface area contributed by atoms with E-state index in [0.29, 0.717) is 0 Å². The van der Waals surface area contributed by atoms with E-state index in [1.165, 1.54) is 0 Å². The highest BCUT2D eigenvalue weighted by atomic mass is 32.2. The molecule has 0 spiro atoms. The summed E-state index contributed by atoms with van der Waals surface area (Å²) >= 11 is 0. The maximum atomic E-state index is 11.8. The summed E-state index contributed by atoms with van der Waals surface area (Å²) in [4.78, 5) is 89.5. The Bertz CT molecular complexity index is 911. The van der Waals surface area contributed by atoms with Crippen molar-refractivity contribution in [2.24, 2.45) is 0 Å². The second-order valence-corrected chi connectivity index (χ2v) is 8.01. The molecule has 2 unspecified atom stereocenters. The molecule has 2 rings (SSSR count). The van der Waals surface area contributed by atoms with Gasteiger partial charge in [-0.25, -0.2) is 18.0 Å². The van der Waals surface area contributed by atoms with Crippen molar-refractivity contribution in [1.29, 1.82) is 0 Å². The van der Waals surface area contributed by atoms with Gasteiger partial charge in [-0.05, 0) is 0 Å². The molecule has 2 N–H and O–H groups in total. The summed E-state index contributed by atoms with van der Waals surface area (Å²) in [5, 5.41) is 3.20. The SMILES string of the molecule is O=C(OCCS(=O)(=O)CCOC(=O)OC1C(=O)NC(=O)C1=O)OC1C(=O)NC(=O)C1=O. The molecular weight excluding hydrogens is 452 g/mol. The summed E-state index contributed by atoms with van der Waals surface area (Å²) < 4.78 is 41.0. The van der Waals surface area contributed by atoms with Crippen molar-refractivity contribution in [1.82, 2.24) is 10.6 Å². The van der Waals surface area contributed by atoms with Crippen molar-refractivity contribution in [2.75, 3.05) is 24.7 Å². The van der Waals surface area contributed by atoms with Crippen molar-refractivity contribution in [2.45, 2.75) is 12.2 Å². The molecule has 2 atom stereocenters. The molecule has 168 valence electrons. The fourth-order valence-corrected chi connectivity index (χ4v) is 2.91. The molecule has 0 aliphatic carbocycles. The Morgan fingerprint density at radius 3 is 1.35 bits per heavy atom. The van der Waals surface area contributed by atoms with E-state index < -0.39 is 94.3 Å². The van der Waals surface area contributed by atoms with Gasteiger partial charge in [0, 0.05) is 0 Å². The van der Waals surface area contributed by atoms with Gasteiger partial charge < -0.3 is 18.9 Å². The second kappa shape index (κ2) is 9.28. The molecule has 0 aromatic heterocycles. The molecular formula is C14H12N2O14S. The predicted molar refractivity (Wildman–Crippen MR) is 87.4 cm³/mol. The smallest absolute Gasteiger partial charge is 0.433 e. The number of ketones is 2. The number of Topliss-reactive ketones (excluding diaryl/α,β-unsaturated/α-hetero) is 2. The Hall–Kier alpha value is -3.89. The highest BCUT2D eigenvalue weighted by Gasteiger charge is 2.44. The minimum Gasteiger partial charge on any atom is -0.433 e. The van der Waals surface area contributed by atoms with Crippen molar-refractivity contribution in [3.05, 3.63) is 0 Å². The summed E-state index contributed by atoms with van der Waals surface area (Å²) in [6.45, 7) is -1.53. The van der Waals surface area contributed by atoms with Crippen LogP contribution in [0, 0.1) is 0 Å². The number of hydrogen-bond acceptors (Lipinski definition) is 14. The molecule has 2 aliphatic rings. The standard InChI is InChI=1S/C14H12N2O14S/c17-5-7(11(21)15-9(5)19)29-13(23)27-1-3-31(25,26)4-2-28-14(24)30-8-6(18)10(20)16-12(8)22/h7-8H,1-4H2,(H,15,19,21)(H,16,20,22). The van der Waals surface area contributed by atoms with Crippen LogP contribution in [0.2, 0.25) is 0 Å². The van der Waals surface area contributed by atoms with Crippen molar-refractivity contribution >= 4 is 57.3 Å². The fraction of sp³-hybridized carbons (Fsp3) is 0.429. The third-order valence-electron chi connectivity index (χ3n) is 3.53. The topological polar surface area (TPSA) is 232 Å². The molecule has 0 radical (unpaired) electrons. The van der Waals surface area contributed by atoms with Crippen molar-refractivity contribution < 1.29 is 65.7 Å². The third-order valence-corrected chi connectivity index (χ3v) is 5.11. The zero-order valence-electron chi connectivity index (χ0n) is 15.1. The van der Waals surface area contributed by atoms with Crippen LogP contribution in [0.4, 0.5) is 9.59 Å². The molecule has 2 saturated heterocycles. The lowest BCUT2D eigenvalue weighted by atomic mass is 10.3. The van der Waals surface area contributed by atoms with Gasteiger partial charge in [0.25, 0.3) is 47.4 Å². The summed E-state index contributed by atoms with van der Waals surface area (Å²) in [7, 11) is -3.95. The number of carbonyl (C=O) groups is 8. The highest BCUT2D eigenvalue weighted by molar-refractivity contribution is 7.91. The highest BCUT2D eigenvalue weighted by Crippen LogP contribution is 2.06. The van der Waals surface area contributed by atoms with Crippen LogP contribution in [0.15, 0.2) is 0 Å². The van der Waals surface area contributed by atoms with Gasteiger partial charge in [-0.1, -0.05) is 0 Å². The normalized spacial score (nSPS) is 20.9. The van der Waals surface area contributed by atoms with E-state index in [1.807, 2.05) is 0 Å². The number of carbonyl (C=O) groups excluding carboxylic acids is 8. The quantitative estimate of drug-likeness (QED) is 0.150. The number of ether oxygens (including phenoxy) is 4. The predicted octanol–water partition coefficient (Wildman–Crippen LogP) is -4.10. The minimum absolute atomic E-state index is 0.763. The van der Waals surface area contributed by atoms with E-state index in [9.17, 15) is 46.8 Å².